The van der Waals surface area contributed by atoms with Crippen molar-refractivity contribution in [1.29, 1.82) is 0 Å². The summed E-state index contributed by atoms with van der Waals surface area (Å²) in [6, 6.07) is 8.35. The number of allylic oxidation sites excluding steroid dienone is 1. The number of benzene rings is 1. The van der Waals surface area contributed by atoms with Gasteiger partial charge in [0, 0.05) is 6.42 Å². The molecule has 2 rings (SSSR count). The molecular formula is C16H22N2S. The van der Waals surface area contributed by atoms with Crippen molar-refractivity contribution in [2.24, 2.45) is 0 Å². The number of hydrogen-bond acceptors (Lipinski definition) is 3. The number of rotatable bonds is 7. The minimum Gasteiger partial charge on any atom is -0.316 e. The molecule has 0 radical (unpaired) electrons. The first-order valence-electron chi connectivity index (χ1n) is 7.00. The molecule has 0 saturated carbocycles. The normalized spacial score (nSPS) is 12.2. The first kappa shape index (κ1) is 14.2. The van der Waals surface area contributed by atoms with Crippen molar-refractivity contribution in [3.05, 3.63) is 40.9 Å². The van der Waals surface area contributed by atoms with Gasteiger partial charge in [0.1, 0.15) is 0 Å². The fourth-order valence-electron chi connectivity index (χ4n) is 2.03. The Labute approximate surface area is 119 Å². The van der Waals surface area contributed by atoms with Crippen LogP contribution in [0.1, 0.15) is 31.7 Å². The molecule has 102 valence electrons. The molecule has 0 aliphatic rings. The van der Waals surface area contributed by atoms with Gasteiger partial charge in [0.05, 0.1) is 15.2 Å². The zero-order valence-electron chi connectivity index (χ0n) is 11.8. The van der Waals surface area contributed by atoms with Gasteiger partial charge in [0.15, 0.2) is 0 Å². The van der Waals surface area contributed by atoms with Gasteiger partial charge in [-0.25, -0.2) is 4.98 Å². The van der Waals surface area contributed by atoms with E-state index in [-0.39, 0.29) is 0 Å². The maximum atomic E-state index is 4.67. The number of hydrogen-bond donors (Lipinski definition) is 1. The third kappa shape index (κ3) is 4.44. The molecule has 0 atom stereocenters. The van der Waals surface area contributed by atoms with Crippen molar-refractivity contribution >= 4 is 21.6 Å². The van der Waals surface area contributed by atoms with Crippen LogP contribution < -0.4 is 5.32 Å². The second-order valence-corrected chi connectivity index (χ2v) is 5.96. The Kier molecular flexibility index (Phi) is 5.55. The van der Waals surface area contributed by atoms with Crippen molar-refractivity contribution in [2.45, 2.75) is 33.1 Å². The highest BCUT2D eigenvalue weighted by Gasteiger charge is 2.03. The van der Waals surface area contributed by atoms with Crippen LogP contribution in [0.4, 0.5) is 0 Å². The molecule has 0 bridgehead atoms. The molecule has 2 nitrogen and oxygen atoms in total. The molecule has 1 N–H and O–H groups in total. The van der Waals surface area contributed by atoms with Gasteiger partial charge in [-0.2, -0.15) is 0 Å². The maximum Gasteiger partial charge on any atom is 0.0978 e. The van der Waals surface area contributed by atoms with Gasteiger partial charge in [-0.1, -0.05) is 30.7 Å². The van der Waals surface area contributed by atoms with Crippen LogP contribution in [0, 0.1) is 0 Å². The van der Waals surface area contributed by atoms with Gasteiger partial charge in [-0.3, -0.25) is 0 Å². The first-order chi connectivity index (χ1) is 9.29. The predicted molar refractivity (Wildman–Crippen MR) is 84.9 cm³/mol. The number of para-hydroxylation sites is 1. The molecule has 2 aromatic rings. The SMILES string of the molecule is CCCNCCC=C(C)Cc1nc2ccccc2s1. The molecule has 3 heteroatoms. The fourth-order valence-corrected chi connectivity index (χ4v) is 3.09. The van der Waals surface area contributed by atoms with Gasteiger partial charge in [0.2, 0.25) is 0 Å². The Hall–Kier alpha value is -1.19. The van der Waals surface area contributed by atoms with Gasteiger partial charge < -0.3 is 5.32 Å². The van der Waals surface area contributed by atoms with E-state index >= 15 is 0 Å². The molecule has 1 heterocycles. The number of thiazole rings is 1. The van der Waals surface area contributed by atoms with E-state index in [1.54, 1.807) is 11.3 Å². The molecule has 19 heavy (non-hydrogen) atoms. The van der Waals surface area contributed by atoms with Gasteiger partial charge in [-0.05, 0) is 45.0 Å². The molecule has 0 amide bonds. The Morgan fingerprint density at radius 1 is 1.32 bits per heavy atom. The minimum absolute atomic E-state index is 0.979. The molecule has 1 aromatic heterocycles. The van der Waals surface area contributed by atoms with Crippen molar-refractivity contribution in [3.63, 3.8) is 0 Å². The Morgan fingerprint density at radius 2 is 2.16 bits per heavy atom. The average Bonchev–Trinajstić information content (AvgIpc) is 2.80. The highest BCUT2D eigenvalue weighted by molar-refractivity contribution is 7.18. The van der Waals surface area contributed by atoms with Gasteiger partial charge in [0.25, 0.3) is 0 Å². The third-order valence-electron chi connectivity index (χ3n) is 3.01. The Balaban J connectivity index is 1.87. The number of nitrogens with zero attached hydrogens (tertiary/aromatic N) is 1. The molecule has 0 spiro atoms. The molecule has 0 aliphatic carbocycles. The lowest BCUT2D eigenvalue weighted by Crippen LogP contribution is -2.15. The second kappa shape index (κ2) is 7.41. The summed E-state index contributed by atoms with van der Waals surface area (Å²) in [5.41, 5.74) is 2.54. The summed E-state index contributed by atoms with van der Waals surface area (Å²) in [5.74, 6) is 0. The van der Waals surface area contributed by atoms with E-state index in [0.717, 1.165) is 31.4 Å². The van der Waals surface area contributed by atoms with E-state index in [9.17, 15) is 0 Å². The minimum atomic E-state index is 0.979. The van der Waals surface area contributed by atoms with Crippen LogP contribution in [-0.2, 0) is 6.42 Å². The monoisotopic (exact) mass is 274 g/mol. The summed E-state index contributed by atoms with van der Waals surface area (Å²) in [6.07, 6.45) is 5.62. The molecule has 0 aliphatic heterocycles. The van der Waals surface area contributed by atoms with Crippen molar-refractivity contribution < 1.29 is 0 Å². The summed E-state index contributed by atoms with van der Waals surface area (Å²) < 4.78 is 1.29. The summed E-state index contributed by atoms with van der Waals surface area (Å²) in [7, 11) is 0. The fraction of sp³-hybridized carbons (Fsp3) is 0.438. The highest BCUT2D eigenvalue weighted by atomic mass is 32.1. The lowest BCUT2D eigenvalue weighted by molar-refractivity contribution is 0.677. The largest absolute Gasteiger partial charge is 0.316 e. The Morgan fingerprint density at radius 3 is 2.95 bits per heavy atom. The smallest absolute Gasteiger partial charge is 0.0978 e. The summed E-state index contributed by atoms with van der Waals surface area (Å²) in [5, 5.41) is 4.64. The lowest BCUT2D eigenvalue weighted by Gasteiger charge is -2.01. The standard InChI is InChI=1S/C16H22N2S/c1-3-10-17-11-6-7-13(2)12-16-18-14-8-4-5-9-15(14)19-16/h4-5,7-9,17H,3,6,10-12H2,1-2H3. The quantitative estimate of drug-likeness (QED) is 0.605. The van der Waals surface area contributed by atoms with Crippen LogP contribution in [-0.4, -0.2) is 18.1 Å². The molecule has 0 fully saturated rings. The van der Waals surface area contributed by atoms with Gasteiger partial charge >= 0.3 is 0 Å². The second-order valence-electron chi connectivity index (χ2n) is 4.84. The van der Waals surface area contributed by atoms with E-state index in [1.807, 2.05) is 6.07 Å². The highest BCUT2D eigenvalue weighted by Crippen LogP contribution is 2.23. The van der Waals surface area contributed by atoms with E-state index < -0.39 is 0 Å². The van der Waals surface area contributed by atoms with E-state index in [4.69, 9.17) is 0 Å². The summed E-state index contributed by atoms with van der Waals surface area (Å²) >= 11 is 1.81. The van der Waals surface area contributed by atoms with Crippen molar-refractivity contribution in [1.82, 2.24) is 10.3 Å². The number of fused-ring (bicyclic) bond motifs is 1. The predicted octanol–water partition coefficient (Wildman–Crippen LogP) is 4.17. The van der Waals surface area contributed by atoms with Gasteiger partial charge in [-0.15, -0.1) is 11.3 Å². The summed E-state index contributed by atoms with van der Waals surface area (Å²) in [4.78, 5) is 4.67. The van der Waals surface area contributed by atoms with Crippen LogP contribution in [0.3, 0.4) is 0 Å². The van der Waals surface area contributed by atoms with Crippen molar-refractivity contribution in [3.8, 4) is 0 Å². The number of aromatic nitrogens is 1. The lowest BCUT2D eigenvalue weighted by atomic mass is 10.2. The zero-order chi connectivity index (χ0) is 13.5. The van der Waals surface area contributed by atoms with Crippen LogP contribution in [0.15, 0.2) is 35.9 Å². The topological polar surface area (TPSA) is 24.9 Å². The van der Waals surface area contributed by atoms with Crippen LogP contribution in [0.2, 0.25) is 0 Å². The summed E-state index contributed by atoms with van der Waals surface area (Å²) in [6.45, 7) is 6.59. The van der Waals surface area contributed by atoms with Crippen LogP contribution in [0.25, 0.3) is 10.2 Å². The van der Waals surface area contributed by atoms with Crippen molar-refractivity contribution in [2.75, 3.05) is 13.1 Å². The first-order valence-corrected chi connectivity index (χ1v) is 7.82. The third-order valence-corrected chi connectivity index (χ3v) is 4.05. The van der Waals surface area contributed by atoms with E-state index in [0.29, 0.717) is 0 Å². The van der Waals surface area contributed by atoms with E-state index in [1.165, 1.54) is 21.7 Å². The molecule has 0 unspecified atom stereocenters. The van der Waals surface area contributed by atoms with Crippen LogP contribution in [0.5, 0.6) is 0 Å². The molecule has 0 saturated heterocycles. The number of nitrogens with one attached hydrogen (secondary N) is 1. The van der Waals surface area contributed by atoms with Crippen LogP contribution >= 0.6 is 11.3 Å². The Bertz CT molecular complexity index is 509. The average molecular weight is 274 g/mol. The van der Waals surface area contributed by atoms with E-state index in [2.05, 4.69) is 48.4 Å². The molecule has 1 aromatic carbocycles. The zero-order valence-corrected chi connectivity index (χ0v) is 12.6. The molecular weight excluding hydrogens is 252 g/mol. The maximum absolute atomic E-state index is 4.67.